The molecule has 5 nitrogen and oxygen atoms in total. The number of nitrogens with zero attached hydrogens (tertiary/aromatic N) is 1. The van der Waals surface area contributed by atoms with Crippen molar-refractivity contribution in [3.05, 3.63) is 17.8 Å². The van der Waals surface area contributed by atoms with Gasteiger partial charge in [0.05, 0.1) is 0 Å². The Labute approximate surface area is 65.7 Å². The van der Waals surface area contributed by atoms with Gasteiger partial charge in [0.2, 0.25) is 10.9 Å². The van der Waals surface area contributed by atoms with E-state index in [0.29, 0.717) is 12.1 Å². The fourth-order valence-electron chi connectivity index (χ4n) is 0.778. The Morgan fingerprint density at radius 1 is 1.55 bits per heavy atom. The minimum Gasteiger partial charge on any atom is -0.384 e. The zero-order valence-corrected chi connectivity index (χ0v) is 6.62. The molecular formula is C5H9N3O2S. The molecule has 0 aliphatic carbocycles. The van der Waals surface area contributed by atoms with Gasteiger partial charge in [0.15, 0.2) is 0 Å². The van der Waals surface area contributed by atoms with Gasteiger partial charge in [-0.2, -0.15) is 0 Å². The molecule has 1 rings (SSSR count). The highest BCUT2D eigenvalue weighted by molar-refractivity contribution is 7.70. The number of nitrogen functional groups attached to an aromatic ring is 1. The van der Waals surface area contributed by atoms with E-state index in [4.69, 9.17) is 11.5 Å². The monoisotopic (exact) mass is 175 g/mol. The van der Waals surface area contributed by atoms with Crippen LogP contribution >= 0.6 is 0 Å². The van der Waals surface area contributed by atoms with E-state index in [9.17, 15) is 8.42 Å². The van der Waals surface area contributed by atoms with Crippen LogP contribution in [-0.4, -0.2) is 12.4 Å². The van der Waals surface area contributed by atoms with Gasteiger partial charge in [-0.3, -0.25) is 0 Å². The first-order chi connectivity index (χ1) is 5.15. The average molecular weight is 175 g/mol. The smallest absolute Gasteiger partial charge is 0.230 e. The first-order valence-corrected chi connectivity index (χ1v) is 4.09. The summed E-state index contributed by atoms with van der Waals surface area (Å²) in [5, 5.41) is 0. The molecule has 0 radical (unpaired) electrons. The third-order valence-electron chi connectivity index (χ3n) is 1.30. The second kappa shape index (κ2) is 2.93. The second-order valence-electron chi connectivity index (χ2n) is 2.06. The Balaban J connectivity index is 3.17. The van der Waals surface area contributed by atoms with Crippen molar-refractivity contribution in [3.63, 3.8) is 0 Å². The lowest BCUT2D eigenvalue weighted by atomic mass is 10.3. The van der Waals surface area contributed by atoms with Crippen molar-refractivity contribution < 1.29 is 8.42 Å². The van der Waals surface area contributed by atoms with Gasteiger partial charge in [-0.25, -0.2) is 12.4 Å². The molecule has 0 spiro atoms. The zero-order valence-electron chi connectivity index (χ0n) is 5.73. The van der Waals surface area contributed by atoms with Gasteiger partial charge >= 0.3 is 0 Å². The van der Waals surface area contributed by atoms with Crippen molar-refractivity contribution in [2.45, 2.75) is 6.54 Å². The molecule has 62 valence electrons. The highest BCUT2D eigenvalue weighted by atomic mass is 32.2. The van der Waals surface area contributed by atoms with Gasteiger partial charge in [-0.05, 0) is 11.6 Å². The summed E-state index contributed by atoms with van der Waals surface area (Å²) in [6.45, 7) is 0.292. The van der Waals surface area contributed by atoms with Crippen LogP contribution in [-0.2, 0) is 17.4 Å². The third-order valence-corrected chi connectivity index (χ3v) is 2.00. The lowest BCUT2D eigenvalue weighted by molar-refractivity contribution is 0.608. The first-order valence-electron chi connectivity index (χ1n) is 2.96. The standard InChI is InChI=1S/C5H9N3O2S/c6-2-4-1-5(7)8(3-4)11(9)10/h1,3,11H,2,6-7H2. The van der Waals surface area contributed by atoms with Gasteiger partial charge in [0, 0.05) is 12.7 Å². The minimum atomic E-state index is -2.67. The number of hydrogen-bond donors (Lipinski definition) is 3. The van der Waals surface area contributed by atoms with Crippen molar-refractivity contribution in [2.75, 3.05) is 5.73 Å². The van der Waals surface area contributed by atoms with Crippen molar-refractivity contribution in [2.24, 2.45) is 5.73 Å². The summed E-state index contributed by atoms with van der Waals surface area (Å²) in [4.78, 5) is 0. The van der Waals surface area contributed by atoms with Crippen LogP contribution in [0.25, 0.3) is 0 Å². The molecule has 0 aliphatic rings. The zero-order chi connectivity index (χ0) is 8.43. The van der Waals surface area contributed by atoms with Crippen LogP contribution in [0.2, 0.25) is 0 Å². The van der Waals surface area contributed by atoms with Gasteiger partial charge in [-0.1, -0.05) is 0 Å². The van der Waals surface area contributed by atoms with Crippen molar-refractivity contribution in [3.8, 4) is 0 Å². The molecular weight excluding hydrogens is 166 g/mol. The topological polar surface area (TPSA) is 91.1 Å². The normalized spacial score (nSPS) is 10.7. The van der Waals surface area contributed by atoms with Gasteiger partial charge in [0.25, 0.3) is 0 Å². The summed E-state index contributed by atoms with van der Waals surface area (Å²) in [5.74, 6) is 0.196. The highest BCUT2D eigenvalue weighted by Crippen LogP contribution is 2.08. The molecule has 0 bridgehead atoms. The fourth-order valence-corrected chi connectivity index (χ4v) is 1.27. The fraction of sp³-hybridized carbons (Fsp3) is 0.200. The molecule has 0 saturated carbocycles. The lowest BCUT2D eigenvalue weighted by Crippen LogP contribution is -1.99. The first kappa shape index (κ1) is 8.09. The predicted octanol–water partition coefficient (Wildman–Crippen LogP) is -1.10. The van der Waals surface area contributed by atoms with Gasteiger partial charge in [-0.15, -0.1) is 0 Å². The third kappa shape index (κ3) is 1.52. The Kier molecular flexibility index (Phi) is 2.16. The molecule has 4 N–H and O–H groups in total. The Bertz CT molecular complexity index is 320. The molecule has 1 aromatic heterocycles. The van der Waals surface area contributed by atoms with Crippen molar-refractivity contribution in [1.82, 2.24) is 3.97 Å². The molecule has 0 aliphatic heterocycles. The molecule has 1 heterocycles. The Morgan fingerprint density at radius 3 is 2.45 bits per heavy atom. The van der Waals surface area contributed by atoms with Crippen LogP contribution in [0.1, 0.15) is 5.56 Å². The molecule has 0 fully saturated rings. The van der Waals surface area contributed by atoms with Crippen LogP contribution < -0.4 is 11.5 Å². The van der Waals surface area contributed by atoms with E-state index in [1.807, 2.05) is 0 Å². The Morgan fingerprint density at radius 2 is 2.18 bits per heavy atom. The molecule has 11 heavy (non-hydrogen) atoms. The highest BCUT2D eigenvalue weighted by Gasteiger charge is 2.01. The number of thiol groups is 1. The molecule has 0 amide bonds. The molecule has 0 aromatic carbocycles. The molecule has 0 atom stereocenters. The van der Waals surface area contributed by atoms with E-state index in [0.717, 1.165) is 3.97 Å². The predicted molar refractivity (Wildman–Crippen MR) is 42.4 cm³/mol. The van der Waals surface area contributed by atoms with E-state index in [-0.39, 0.29) is 5.82 Å². The van der Waals surface area contributed by atoms with Crippen LogP contribution in [0.4, 0.5) is 5.82 Å². The maximum Gasteiger partial charge on any atom is 0.230 e. The summed E-state index contributed by atoms with van der Waals surface area (Å²) >= 11 is 0. The van der Waals surface area contributed by atoms with Crippen LogP contribution in [0.15, 0.2) is 12.3 Å². The number of nitrogens with two attached hydrogens (primary N) is 2. The largest absolute Gasteiger partial charge is 0.384 e. The molecule has 6 heteroatoms. The van der Waals surface area contributed by atoms with E-state index >= 15 is 0 Å². The lowest BCUT2D eigenvalue weighted by Gasteiger charge is -1.90. The van der Waals surface area contributed by atoms with Crippen molar-refractivity contribution >= 4 is 16.7 Å². The summed E-state index contributed by atoms with van der Waals surface area (Å²) in [7, 11) is -2.67. The maximum atomic E-state index is 10.4. The summed E-state index contributed by atoms with van der Waals surface area (Å²) in [6, 6.07) is 1.53. The maximum absolute atomic E-state index is 10.4. The molecule has 0 saturated heterocycles. The molecule has 0 unspecified atom stereocenters. The second-order valence-corrected chi connectivity index (χ2v) is 2.97. The van der Waals surface area contributed by atoms with E-state index in [1.54, 1.807) is 0 Å². The number of rotatable bonds is 2. The average Bonchev–Trinajstić information content (AvgIpc) is 2.30. The summed E-state index contributed by atoms with van der Waals surface area (Å²) < 4.78 is 21.8. The quantitative estimate of drug-likeness (QED) is 0.498. The summed E-state index contributed by atoms with van der Waals surface area (Å²) in [6.07, 6.45) is 1.40. The van der Waals surface area contributed by atoms with Crippen LogP contribution in [0, 0.1) is 0 Å². The van der Waals surface area contributed by atoms with Gasteiger partial charge < -0.3 is 11.5 Å². The Hall–Kier alpha value is -1.01. The van der Waals surface area contributed by atoms with Crippen LogP contribution in [0.5, 0.6) is 0 Å². The van der Waals surface area contributed by atoms with Crippen molar-refractivity contribution in [1.29, 1.82) is 0 Å². The van der Waals surface area contributed by atoms with Gasteiger partial charge in [0.1, 0.15) is 5.82 Å². The minimum absolute atomic E-state index is 0.196. The number of hydrogen-bond acceptors (Lipinski definition) is 4. The SMILES string of the molecule is NCc1cc(N)n([SH](=O)=O)c1. The molecule has 1 aromatic rings. The van der Waals surface area contributed by atoms with Crippen LogP contribution in [0.3, 0.4) is 0 Å². The number of aromatic nitrogens is 1. The van der Waals surface area contributed by atoms with E-state index in [2.05, 4.69) is 0 Å². The van der Waals surface area contributed by atoms with E-state index < -0.39 is 10.9 Å². The number of anilines is 1. The van der Waals surface area contributed by atoms with E-state index in [1.165, 1.54) is 12.3 Å². The summed E-state index contributed by atoms with van der Waals surface area (Å²) in [5.41, 5.74) is 11.3.